The average Bonchev–Trinajstić information content (AvgIpc) is 2.67. The molecular formula is C20H14BrN3O3. The third-order valence-electron chi connectivity index (χ3n) is 3.88. The summed E-state index contributed by atoms with van der Waals surface area (Å²) in [5.74, 6) is 0.0740. The number of aryl methyl sites for hydroxylation is 1. The highest BCUT2D eigenvalue weighted by atomic mass is 79.9. The monoisotopic (exact) mass is 423 g/mol. The molecule has 6 nitrogen and oxygen atoms in total. The van der Waals surface area contributed by atoms with Crippen LogP contribution in [0.5, 0.6) is 5.75 Å². The first-order valence-electron chi connectivity index (χ1n) is 7.96. The molecule has 0 fully saturated rings. The van der Waals surface area contributed by atoms with Crippen molar-refractivity contribution < 1.29 is 14.6 Å². The van der Waals surface area contributed by atoms with E-state index in [0.717, 1.165) is 15.6 Å². The van der Waals surface area contributed by atoms with Crippen LogP contribution >= 0.6 is 15.9 Å². The topological polar surface area (TPSA) is 96.1 Å². The van der Waals surface area contributed by atoms with Gasteiger partial charge >= 0.3 is 5.97 Å². The van der Waals surface area contributed by atoms with Crippen LogP contribution in [0.3, 0.4) is 0 Å². The van der Waals surface area contributed by atoms with E-state index < -0.39 is 5.97 Å². The van der Waals surface area contributed by atoms with Gasteiger partial charge in [-0.15, -0.1) is 0 Å². The number of nitrogens with zero attached hydrogens (tertiary/aromatic N) is 3. The van der Waals surface area contributed by atoms with Crippen molar-refractivity contribution in [3.63, 3.8) is 0 Å². The van der Waals surface area contributed by atoms with Gasteiger partial charge < -0.3 is 9.84 Å². The fourth-order valence-electron chi connectivity index (χ4n) is 2.43. The van der Waals surface area contributed by atoms with Gasteiger partial charge in [-0.05, 0) is 64.8 Å². The first kappa shape index (κ1) is 18.5. The van der Waals surface area contributed by atoms with Crippen molar-refractivity contribution in [1.82, 2.24) is 9.97 Å². The maximum Gasteiger partial charge on any atom is 0.339 e. The van der Waals surface area contributed by atoms with Crippen LogP contribution in [0, 0.1) is 18.3 Å². The van der Waals surface area contributed by atoms with Gasteiger partial charge in [0.25, 0.3) is 0 Å². The first-order chi connectivity index (χ1) is 13.0. The summed E-state index contributed by atoms with van der Waals surface area (Å²) < 4.78 is 6.51. The number of aromatic nitrogens is 2. The molecule has 7 heteroatoms. The SMILES string of the molecule is Cc1nc(-c2ccc(OCc3ccc(Br)c(C#N)c3)cc2)ncc1C(=O)O. The Labute approximate surface area is 164 Å². The quantitative estimate of drug-likeness (QED) is 0.654. The van der Waals surface area contributed by atoms with Gasteiger partial charge in [-0.1, -0.05) is 6.07 Å². The lowest BCUT2D eigenvalue weighted by atomic mass is 10.1. The predicted molar refractivity (Wildman–Crippen MR) is 102 cm³/mol. The van der Waals surface area contributed by atoms with Crippen LogP contribution in [0.15, 0.2) is 53.1 Å². The summed E-state index contributed by atoms with van der Waals surface area (Å²) >= 11 is 3.33. The number of hydrogen-bond donors (Lipinski definition) is 1. The zero-order valence-electron chi connectivity index (χ0n) is 14.3. The van der Waals surface area contributed by atoms with E-state index in [1.54, 1.807) is 25.1 Å². The molecule has 2 aromatic carbocycles. The predicted octanol–water partition coefficient (Wildman–Crippen LogP) is 4.36. The van der Waals surface area contributed by atoms with E-state index in [4.69, 9.17) is 15.1 Å². The molecule has 3 aromatic rings. The smallest absolute Gasteiger partial charge is 0.339 e. The summed E-state index contributed by atoms with van der Waals surface area (Å²) in [5.41, 5.74) is 2.71. The fraction of sp³-hybridized carbons (Fsp3) is 0.100. The molecule has 134 valence electrons. The first-order valence-corrected chi connectivity index (χ1v) is 8.76. The van der Waals surface area contributed by atoms with E-state index in [-0.39, 0.29) is 5.56 Å². The number of carboxylic acid groups (broad SMARTS) is 1. The Hall–Kier alpha value is -3.24. The molecule has 3 rings (SSSR count). The van der Waals surface area contributed by atoms with Crippen LogP contribution in [-0.4, -0.2) is 21.0 Å². The van der Waals surface area contributed by atoms with Gasteiger partial charge in [0.1, 0.15) is 18.4 Å². The second-order valence-electron chi connectivity index (χ2n) is 5.74. The van der Waals surface area contributed by atoms with Gasteiger partial charge in [-0.3, -0.25) is 0 Å². The minimum Gasteiger partial charge on any atom is -0.489 e. The second-order valence-corrected chi connectivity index (χ2v) is 6.59. The summed E-state index contributed by atoms with van der Waals surface area (Å²) in [5, 5.41) is 18.1. The van der Waals surface area contributed by atoms with Gasteiger partial charge in [0.15, 0.2) is 5.82 Å². The molecule has 0 unspecified atom stereocenters. The lowest BCUT2D eigenvalue weighted by Crippen LogP contribution is -2.04. The zero-order valence-corrected chi connectivity index (χ0v) is 15.9. The van der Waals surface area contributed by atoms with E-state index in [0.29, 0.717) is 29.4 Å². The molecular weight excluding hydrogens is 410 g/mol. The number of ether oxygens (including phenoxy) is 1. The van der Waals surface area contributed by atoms with Crippen LogP contribution in [0.1, 0.15) is 27.2 Å². The van der Waals surface area contributed by atoms with E-state index in [9.17, 15) is 4.79 Å². The van der Waals surface area contributed by atoms with Crippen molar-refractivity contribution in [2.45, 2.75) is 13.5 Å². The van der Waals surface area contributed by atoms with Crippen molar-refractivity contribution in [1.29, 1.82) is 5.26 Å². The van der Waals surface area contributed by atoms with Gasteiger partial charge in [-0.2, -0.15) is 5.26 Å². The molecule has 27 heavy (non-hydrogen) atoms. The number of carboxylic acids is 1. The highest BCUT2D eigenvalue weighted by molar-refractivity contribution is 9.10. The van der Waals surface area contributed by atoms with Crippen LogP contribution in [0.2, 0.25) is 0 Å². The van der Waals surface area contributed by atoms with E-state index >= 15 is 0 Å². The molecule has 0 saturated carbocycles. The number of carbonyl (C=O) groups is 1. The van der Waals surface area contributed by atoms with E-state index in [1.807, 2.05) is 24.3 Å². The standard InChI is InChI=1S/C20H14BrN3O3/c1-12-17(20(25)26)10-23-19(24-12)14-3-5-16(6-4-14)27-11-13-2-7-18(21)15(8-13)9-22/h2-8,10H,11H2,1H3,(H,25,26). The Morgan fingerprint density at radius 1 is 1.26 bits per heavy atom. The Kier molecular flexibility index (Phi) is 5.48. The summed E-state index contributed by atoms with van der Waals surface area (Å²) in [6.45, 7) is 1.98. The summed E-state index contributed by atoms with van der Waals surface area (Å²) in [4.78, 5) is 19.4. The van der Waals surface area contributed by atoms with E-state index in [1.165, 1.54) is 6.20 Å². The van der Waals surface area contributed by atoms with Crippen LogP contribution in [0.4, 0.5) is 0 Å². The zero-order chi connectivity index (χ0) is 19.4. The summed E-state index contributed by atoms with van der Waals surface area (Å²) in [6, 6.07) is 14.8. The second kappa shape index (κ2) is 7.98. The fourth-order valence-corrected chi connectivity index (χ4v) is 2.77. The van der Waals surface area contributed by atoms with Crippen LogP contribution < -0.4 is 4.74 Å². The molecule has 0 spiro atoms. The van der Waals surface area contributed by atoms with Crippen LogP contribution in [-0.2, 0) is 6.61 Å². The molecule has 1 N–H and O–H groups in total. The minimum absolute atomic E-state index is 0.0879. The Morgan fingerprint density at radius 2 is 2.00 bits per heavy atom. The van der Waals surface area contributed by atoms with Crippen molar-refractivity contribution in [2.24, 2.45) is 0 Å². The lowest BCUT2D eigenvalue weighted by molar-refractivity contribution is 0.0695. The Morgan fingerprint density at radius 3 is 2.63 bits per heavy atom. The highest BCUT2D eigenvalue weighted by Crippen LogP contribution is 2.22. The number of benzene rings is 2. The van der Waals surface area contributed by atoms with Gasteiger partial charge in [0, 0.05) is 16.2 Å². The minimum atomic E-state index is -1.05. The maximum absolute atomic E-state index is 11.0. The average molecular weight is 424 g/mol. The Bertz CT molecular complexity index is 1040. The molecule has 0 aliphatic carbocycles. The van der Waals surface area contributed by atoms with Crippen molar-refractivity contribution in [3.05, 3.63) is 75.5 Å². The molecule has 0 bridgehead atoms. The van der Waals surface area contributed by atoms with Crippen molar-refractivity contribution in [2.75, 3.05) is 0 Å². The van der Waals surface area contributed by atoms with Crippen molar-refractivity contribution >= 4 is 21.9 Å². The van der Waals surface area contributed by atoms with E-state index in [2.05, 4.69) is 32.0 Å². The lowest BCUT2D eigenvalue weighted by Gasteiger charge is -2.08. The maximum atomic E-state index is 11.0. The molecule has 0 saturated heterocycles. The summed E-state index contributed by atoms with van der Waals surface area (Å²) in [6.07, 6.45) is 1.31. The Balaban J connectivity index is 1.71. The van der Waals surface area contributed by atoms with Gasteiger partial charge in [0.05, 0.1) is 16.8 Å². The van der Waals surface area contributed by atoms with Crippen molar-refractivity contribution in [3.8, 4) is 23.2 Å². The molecule has 1 aromatic heterocycles. The van der Waals surface area contributed by atoms with Gasteiger partial charge in [0.2, 0.25) is 0 Å². The number of aromatic carboxylic acids is 1. The number of hydrogen-bond acceptors (Lipinski definition) is 5. The molecule has 1 heterocycles. The molecule has 0 radical (unpaired) electrons. The number of halogens is 1. The largest absolute Gasteiger partial charge is 0.489 e. The summed E-state index contributed by atoms with van der Waals surface area (Å²) in [7, 11) is 0. The molecule has 0 amide bonds. The number of rotatable bonds is 5. The molecule has 0 atom stereocenters. The van der Waals surface area contributed by atoms with Crippen LogP contribution in [0.25, 0.3) is 11.4 Å². The normalized spacial score (nSPS) is 10.3. The third-order valence-corrected chi connectivity index (χ3v) is 4.57. The molecule has 0 aliphatic rings. The molecule has 0 aliphatic heterocycles. The number of nitriles is 1. The van der Waals surface area contributed by atoms with Gasteiger partial charge in [-0.25, -0.2) is 14.8 Å². The highest BCUT2D eigenvalue weighted by Gasteiger charge is 2.11. The third kappa shape index (κ3) is 4.30.